The minimum Gasteiger partial charge on any atom is -0.207 e. The average Bonchev–Trinajstić information content (AvgIpc) is 2.89. The van der Waals surface area contributed by atoms with E-state index in [1.54, 1.807) is 32.9 Å². The van der Waals surface area contributed by atoms with Crippen LogP contribution in [0.4, 0.5) is 0 Å². The number of rotatable bonds is 4. The number of nitrogens with zero attached hydrogens (tertiary/aromatic N) is 2. The largest absolute Gasteiger partial charge is 0.243 e. The highest BCUT2D eigenvalue weighted by Crippen LogP contribution is 2.20. The van der Waals surface area contributed by atoms with Crippen LogP contribution in [0, 0.1) is 13.8 Å². The Morgan fingerprint density at radius 1 is 0.474 bits per heavy atom. The van der Waals surface area contributed by atoms with Gasteiger partial charge in [-0.2, -0.15) is 8.61 Å². The number of aryl methyl sites for hydroxylation is 2. The second-order valence-electron chi connectivity index (χ2n) is 9.95. The van der Waals surface area contributed by atoms with E-state index >= 15 is 0 Å². The van der Waals surface area contributed by atoms with E-state index in [9.17, 15) is 16.8 Å². The number of hydrogen-bond donors (Lipinski definition) is 0. The maximum atomic E-state index is 13.3. The molecule has 0 bridgehead atoms. The molecule has 0 spiro atoms. The van der Waals surface area contributed by atoms with E-state index < -0.39 is 20.0 Å². The van der Waals surface area contributed by atoms with Gasteiger partial charge in [0, 0.05) is 26.2 Å². The first-order chi connectivity index (χ1) is 18.2. The third kappa shape index (κ3) is 8.90. The Labute approximate surface area is 230 Å². The van der Waals surface area contributed by atoms with Crippen LogP contribution in [0.5, 0.6) is 0 Å². The van der Waals surface area contributed by atoms with Gasteiger partial charge >= 0.3 is 0 Å². The van der Waals surface area contributed by atoms with E-state index in [0.717, 1.165) is 62.5 Å². The predicted octanol–water partition coefficient (Wildman–Crippen LogP) is 6.23. The first kappa shape index (κ1) is 30.3. The molecule has 0 N–H and O–H groups in total. The Bertz CT molecular complexity index is 1140. The molecule has 0 unspecified atom stereocenters. The standard InChI is InChI=1S/C30H42N2O4S2/c1-27-15-19-29(20-16-27)37(33,34)31-23-11-7-3-5-9-13-25-32(26-14-10-6-4-8-12-24-31)38(35,36)30-21-17-28(2)18-22-30/h3-6,15-22H,7-14,23-26H2,1-2H3/b5-3-,6-4-. The number of sulfonamides is 2. The molecule has 6 nitrogen and oxygen atoms in total. The highest BCUT2D eigenvalue weighted by molar-refractivity contribution is 7.89. The van der Waals surface area contributed by atoms with Gasteiger partial charge in [0.15, 0.2) is 0 Å². The fourth-order valence-corrected chi connectivity index (χ4v) is 7.47. The molecule has 1 aliphatic rings. The molecular weight excluding hydrogens is 516 g/mol. The van der Waals surface area contributed by atoms with Crippen molar-refractivity contribution in [3.8, 4) is 0 Å². The highest BCUT2D eigenvalue weighted by Gasteiger charge is 2.24. The normalized spacial score (nSPS) is 20.3. The van der Waals surface area contributed by atoms with Gasteiger partial charge in [-0.05, 0) is 89.5 Å². The third-order valence-electron chi connectivity index (χ3n) is 6.76. The molecule has 0 amide bonds. The summed E-state index contributed by atoms with van der Waals surface area (Å²) in [6.45, 7) is 5.82. The monoisotopic (exact) mass is 558 g/mol. The topological polar surface area (TPSA) is 74.8 Å². The number of allylic oxidation sites excluding steroid dienone is 4. The van der Waals surface area contributed by atoms with Gasteiger partial charge < -0.3 is 0 Å². The molecule has 0 saturated heterocycles. The maximum Gasteiger partial charge on any atom is 0.243 e. The van der Waals surface area contributed by atoms with Crippen LogP contribution in [0.3, 0.4) is 0 Å². The first-order valence-electron chi connectivity index (χ1n) is 13.6. The van der Waals surface area contributed by atoms with Crippen molar-refractivity contribution in [3.05, 3.63) is 84.0 Å². The van der Waals surface area contributed by atoms with Crippen molar-refractivity contribution in [2.75, 3.05) is 26.2 Å². The van der Waals surface area contributed by atoms with Crippen LogP contribution in [0.1, 0.15) is 62.5 Å². The van der Waals surface area contributed by atoms with E-state index in [4.69, 9.17) is 0 Å². The molecule has 38 heavy (non-hydrogen) atoms. The molecule has 1 aliphatic heterocycles. The van der Waals surface area contributed by atoms with Crippen molar-refractivity contribution < 1.29 is 16.8 Å². The lowest BCUT2D eigenvalue weighted by atomic mass is 10.2. The molecule has 0 aliphatic carbocycles. The van der Waals surface area contributed by atoms with Gasteiger partial charge in [0.1, 0.15) is 0 Å². The zero-order chi connectivity index (χ0) is 27.4. The quantitative estimate of drug-likeness (QED) is 0.417. The molecule has 2 aromatic carbocycles. The van der Waals surface area contributed by atoms with Crippen molar-refractivity contribution >= 4 is 20.0 Å². The van der Waals surface area contributed by atoms with Crippen molar-refractivity contribution in [2.24, 2.45) is 0 Å². The van der Waals surface area contributed by atoms with Crippen molar-refractivity contribution in [2.45, 2.75) is 75.0 Å². The molecule has 8 heteroatoms. The molecule has 0 aromatic heterocycles. The summed E-state index contributed by atoms with van der Waals surface area (Å²) < 4.78 is 56.4. The van der Waals surface area contributed by atoms with Crippen LogP contribution >= 0.6 is 0 Å². The van der Waals surface area contributed by atoms with E-state index in [1.165, 1.54) is 0 Å². The van der Waals surface area contributed by atoms with Crippen LogP contribution < -0.4 is 0 Å². The lowest BCUT2D eigenvalue weighted by Gasteiger charge is -2.22. The summed E-state index contributed by atoms with van der Waals surface area (Å²) in [6.07, 6.45) is 14.4. The lowest BCUT2D eigenvalue weighted by molar-refractivity contribution is 0.397. The second-order valence-corrected chi connectivity index (χ2v) is 13.8. The Morgan fingerprint density at radius 2 is 0.737 bits per heavy atom. The van der Waals surface area contributed by atoms with Gasteiger partial charge in [-0.3, -0.25) is 0 Å². The minimum absolute atomic E-state index is 0.349. The molecule has 0 atom stereocenters. The summed E-state index contributed by atoms with van der Waals surface area (Å²) in [4.78, 5) is 0.697. The zero-order valence-corrected chi connectivity index (χ0v) is 24.4. The maximum absolute atomic E-state index is 13.3. The smallest absolute Gasteiger partial charge is 0.207 e. The highest BCUT2D eigenvalue weighted by atomic mass is 32.2. The van der Waals surface area contributed by atoms with Crippen LogP contribution in [0.25, 0.3) is 0 Å². The van der Waals surface area contributed by atoms with Crippen molar-refractivity contribution in [3.63, 3.8) is 0 Å². The Morgan fingerprint density at radius 3 is 1.00 bits per heavy atom. The van der Waals surface area contributed by atoms with Gasteiger partial charge in [0.05, 0.1) is 9.79 Å². The Kier molecular flexibility index (Phi) is 11.8. The molecule has 0 saturated carbocycles. The Balaban J connectivity index is 1.65. The van der Waals surface area contributed by atoms with E-state index in [0.29, 0.717) is 36.0 Å². The van der Waals surface area contributed by atoms with Gasteiger partial charge in [0.2, 0.25) is 20.0 Å². The molecule has 2 aromatic rings. The van der Waals surface area contributed by atoms with Crippen molar-refractivity contribution in [1.82, 2.24) is 8.61 Å². The summed E-state index contributed by atoms with van der Waals surface area (Å²) >= 11 is 0. The van der Waals surface area contributed by atoms with Gasteiger partial charge in [0.25, 0.3) is 0 Å². The molecule has 0 fully saturated rings. The SMILES string of the molecule is Cc1ccc(S(=O)(=O)N2CCC/C=C\CCCN(S(=O)(=O)c3ccc(C)cc3)CCC/C=C\CCC2)cc1. The summed E-state index contributed by atoms with van der Waals surface area (Å²) in [6, 6.07) is 14.1. The predicted molar refractivity (Wildman–Crippen MR) is 155 cm³/mol. The van der Waals surface area contributed by atoms with Crippen LogP contribution in [-0.2, 0) is 20.0 Å². The zero-order valence-electron chi connectivity index (χ0n) is 22.8. The molecule has 0 radical (unpaired) electrons. The molecule has 208 valence electrons. The van der Waals surface area contributed by atoms with Gasteiger partial charge in [-0.15, -0.1) is 0 Å². The third-order valence-corrected chi connectivity index (χ3v) is 10.6. The summed E-state index contributed by atoms with van der Waals surface area (Å²) in [5.41, 5.74) is 2.07. The van der Waals surface area contributed by atoms with Gasteiger partial charge in [-0.1, -0.05) is 59.7 Å². The van der Waals surface area contributed by atoms with Crippen LogP contribution in [0.15, 0.2) is 82.6 Å². The number of benzene rings is 2. The van der Waals surface area contributed by atoms with E-state index in [1.807, 2.05) is 38.1 Å². The second kappa shape index (κ2) is 14.8. The van der Waals surface area contributed by atoms with Crippen molar-refractivity contribution in [1.29, 1.82) is 0 Å². The van der Waals surface area contributed by atoms with Gasteiger partial charge in [-0.25, -0.2) is 16.8 Å². The fourth-order valence-electron chi connectivity index (χ4n) is 4.44. The lowest BCUT2D eigenvalue weighted by Crippen LogP contribution is -2.33. The van der Waals surface area contributed by atoms with E-state index in [2.05, 4.69) is 24.3 Å². The fraction of sp³-hybridized carbons (Fsp3) is 0.467. The van der Waals surface area contributed by atoms with Crippen LogP contribution in [0.2, 0.25) is 0 Å². The molecular formula is C30H42N2O4S2. The average molecular weight is 559 g/mol. The minimum atomic E-state index is -3.53. The van der Waals surface area contributed by atoms with E-state index in [-0.39, 0.29) is 0 Å². The molecule has 3 rings (SSSR count). The summed E-state index contributed by atoms with van der Waals surface area (Å²) in [7, 11) is -7.06. The summed E-state index contributed by atoms with van der Waals surface area (Å²) in [5, 5.41) is 0. The Hall–Kier alpha value is -2.26. The van der Waals surface area contributed by atoms with Crippen LogP contribution in [-0.4, -0.2) is 51.6 Å². The molecule has 1 heterocycles. The summed E-state index contributed by atoms with van der Waals surface area (Å²) in [5.74, 6) is 0. The number of hydrogen-bond acceptors (Lipinski definition) is 4. The first-order valence-corrected chi connectivity index (χ1v) is 16.5.